The number of aliphatic hydroxyl groups excluding tert-OH is 1. The van der Waals surface area contributed by atoms with Crippen LogP contribution in [0.3, 0.4) is 0 Å². The van der Waals surface area contributed by atoms with E-state index in [4.69, 9.17) is 15.3 Å². The largest absolute Gasteiger partial charge is 0.468 e. The Kier molecular flexibility index (Phi) is 5.95. The van der Waals surface area contributed by atoms with Crippen molar-refractivity contribution in [2.75, 3.05) is 12.4 Å². The van der Waals surface area contributed by atoms with Crippen LogP contribution in [0.4, 0.5) is 0 Å². The second-order valence-electron chi connectivity index (χ2n) is 4.11. The number of thioether (sulfide) groups is 1. The Labute approximate surface area is 101 Å². The molecule has 0 aliphatic rings. The number of aliphatic hydroxyl groups is 1. The lowest BCUT2D eigenvalue weighted by molar-refractivity contribution is 0.182. The Hall–Kier alpha value is -0.450. The SMILES string of the molecule is CCC(N)(CO)CCCSCc1ccco1. The standard InChI is InChI=1S/C12H21NO2S/c1-2-12(13,10-14)6-4-8-16-9-11-5-3-7-15-11/h3,5,7,14H,2,4,6,8-10,13H2,1H3. The zero-order valence-corrected chi connectivity index (χ0v) is 10.6. The molecule has 1 heterocycles. The van der Waals surface area contributed by atoms with Crippen LogP contribution in [-0.4, -0.2) is 23.0 Å². The number of nitrogens with two attached hydrogens (primary N) is 1. The molecule has 92 valence electrons. The van der Waals surface area contributed by atoms with Crippen LogP contribution in [0.1, 0.15) is 31.9 Å². The fourth-order valence-corrected chi connectivity index (χ4v) is 2.32. The van der Waals surface area contributed by atoms with Gasteiger partial charge in [0.1, 0.15) is 5.76 Å². The predicted octanol–water partition coefficient (Wildman–Crippen LogP) is 2.39. The summed E-state index contributed by atoms with van der Waals surface area (Å²) in [5, 5.41) is 9.15. The zero-order valence-electron chi connectivity index (χ0n) is 9.82. The normalized spacial score (nSPS) is 14.9. The van der Waals surface area contributed by atoms with Gasteiger partial charge in [0.05, 0.1) is 18.6 Å². The van der Waals surface area contributed by atoms with Gasteiger partial charge in [-0.25, -0.2) is 0 Å². The van der Waals surface area contributed by atoms with Crippen LogP contribution in [0.2, 0.25) is 0 Å². The first-order chi connectivity index (χ1) is 7.70. The van der Waals surface area contributed by atoms with Crippen LogP contribution in [-0.2, 0) is 5.75 Å². The van der Waals surface area contributed by atoms with E-state index in [9.17, 15) is 0 Å². The molecule has 0 aromatic carbocycles. The molecule has 1 aromatic heterocycles. The lowest BCUT2D eigenvalue weighted by Gasteiger charge is -2.25. The highest BCUT2D eigenvalue weighted by molar-refractivity contribution is 7.98. The number of hydrogen-bond acceptors (Lipinski definition) is 4. The summed E-state index contributed by atoms with van der Waals surface area (Å²) in [7, 11) is 0. The van der Waals surface area contributed by atoms with Crippen molar-refractivity contribution in [1.29, 1.82) is 0 Å². The van der Waals surface area contributed by atoms with Gasteiger partial charge in [-0.1, -0.05) is 6.92 Å². The molecule has 0 spiro atoms. The molecule has 0 fully saturated rings. The first kappa shape index (κ1) is 13.6. The molecule has 1 atom stereocenters. The van der Waals surface area contributed by atoms with Gasteiger partial charge >= 0.3 is 0 Å². The Morgan fingerprint density at radius 3 is 2.94 bits per heavy atom. The van der Waals surface area contributed by atoms with E-state index in [-0.39, 0.29) is 12.1 Å². The summed E-state index contributed by atoms with van der Waals surface area (Å²) in [6, 6.07) is 3.89. The van der Waals surface area contributed by atoms with Gasteiger partial charge in [0.25, 0.3) is 0 Å². The maximum Gasteiger partial charge on any atom is 0.113 e. The van der Waals surface area contributed by atoms with Crippen LogP contribution in [0.15, 0.2) is 22.8 Å². The summed E-state index contributed by atoms with van der Waals surface area (Å²) in [6.07, 6.45) is 4.44. The molecule has 16 heavy (non-hydrogen) atoms. The summed E-state index contributed by atoms with van der Waals surface area (Å²) in [5.74, 6) is 2.98. The van der Waals surface area contributed by atoms with Crippen molar-refractivity contribution in [3.63, 3.8) is 0 Å². The van der Waals surface area contributed by atoms with Crippen molar-refractivity contribution in [3.8, 4) is 0 Å². The van der Waals surface area contributed by atoms with Crippen molar-refractivity contribution in [3.05, 3.63) is 24.2 Å². The Balaban J connectivity index is 2.08. The zero-order chi connectivity index (χ0) is 11.9. The van der Waals surface area contributed by atoms with E-state index in [1.54, 1.807) is 6.26 Å². The second-order valence-corrected chi connectivity index (χ2v) is 5.21. The smallest absolute Gasteiger partial charge is 0.113 e. The number of rotatable bonds is 8. The van der Waals surface area contributed by atoms with Gasteiger partial charge in [0.2, 0.25) is 0 Å². The predicted molar refractivity (Wildman–Crippen MR) is 68.4 cm³/mol. The fraction of sp³-hybridized carbons (Fsp3) is 0.667. The van der Waals surface area contributed by atoms with E-state index >= 15 is 0 Å². The molecule has 0 bridgehead atoms. The highest BCUT2D eigenvalue weighted by Crippen LogP contribution is 2.18. The highest BCUT2D eigenvalue weighted by atomic mass is 32.2. The molecule has 0 amide bonds. The van der Waals surface area contributed by atoms with E-state index < -0.39 is 0 Å². The van der Waals surface area contributed by atoms with Gasteiger partial charge < -0.3 is 15.3 Å². The number of furan rings is 1. The molecule has 1 aromatic rings. The van der Waals surface area contributed by atoms with Crippen molar-refractivity contribution >= 4 is 11.8 Å². The molecule has 1 rings (SSSR count). The van der Waals surface area contributed by atoms with Crippen molar-refractivity contribution in [2.45, 2.75) is 37.5 Å². The van der Waals surface area contributed by atoms with E-state index in [2.05, 4.69) is 0 Å². The molecule has 0 saturated carbocycles. The minimum atomic E-state index is -0.384. The molecule has 3 N–H and O–H groups in total. The molecular weight excluding hydrogens is 222 g/mol. The van der Waals surface area contributed by atoms with Gasteiger partial charge in [-0.3, -0.25) is 0 Å². The van der Waals surface area contributed by atoms with Gasteiger partial charge in [-0.2, -0.15) is 11.8 Å². The van der Waals surface area contributed by atoms with Crippen molar-refractivity contribution in [2.24, 2.45) is 5.73 Å². The van der Waals surface area contributed by atoms with Crippen LogP contribution >= 0.6 is 11.8 Å². The molecule has 1 unspecified atom stereocenters. The van der Waals surface area contributed by atoms with E-state index in [1.165, 1.54) is 0 Å². The van der Waals surface area contributed by atoms with Crippen LogP contribution < -0.4 is 5.73 Å². The minimum Gasteiger partial charge on any atom is -0.468 e. The molecule has 0 saturated heterocycles. The Morgan fingerprint density at radius 2 is 2.38 bits per heavy atom. The first-order valence-electron chi connectivity index (χ1n) is 5.70. The van der Waals surface area contributed by atoms with Gasteiger partial charge in [-0.15, -0.1) is 0 Å². The van der Waals surface area contributed by atoms with E-state index in [0.29, 0.717) is 0 Å². The third-order valence-corrected chi connectivity index (χ3v) is 3.87. The van der Waals surface area contributed by atoms with Crippen LogP contribution in [0, 0.1) is 0 Å². The summed E-state index contributed by atoms with van der Waals surface area (Å²) in [4.78, 5) is 0. The lowest BCUT2D eigenvalue weighted by Crippen LogP contribution is -2.42. The van der Waals surface area contributed by atoms with E-state index in [1.807, 2.05) is 30.8 Å². The summed E-state index contributed by atoms with van der Waals surface area (Å²) in [6.45, 7) is 2.10. The third-order valence-electron chi connectivity index (χ3n) is 2.81. The maximum absolute atomic E-state index is 9.15. The monoisotopic (exact) mass is 243 g/mol. The molecular formula is C12H21NO2S. The molecule has 0 aliphatic carbocycles. The van der Waals surface area contributed by atoms with Crippen LogP contribution in [0.5, 0.6) is 0 Å². The van der Waals surface area contributed by atoms with E-state index in [0.717, 1.165) is 36.5 Å². The minimum absolute atomic E-state index is 0.0757. The summed E-state index contributed by atoms with van der Waals surface area (Å²) >= 11 is 1.84. The molecule has 0 radical (unpaired) electrons. The summed E-state index contributed by atoms with van der Waals surface area (Å²) in [5.41, 5.74) is 5.61. The average Bonchev–Trinajstić information content (AvgIpc) is 2.81. The van der Waals surface area contributed by atoms with Crippen molar-refractivity contribution in [1.82, 2.24) is 0 Å². The van der Waals surface area contributed by atoms with Crippen molar-refractivity contribution < 1.29 is 9.52 Å². The molecule has 3 nitrogen and oxygen atoms in total. The topological polar surface area (TPSA) is 59.4 Å². The lowest BCUT2D eigenvalue weighted by atomic mass is 9.93. The Bertz CT molecular complexity index is 271. The first-order valence-corrected chi connectivity index (χ1v) is 6.85. The number of hydrogen-bond donors (Lipinski definition) is 2. The summed E-state index contributed by atoms with van der Waals surface area (Å²) < 4.78 is 5.24. The third kappa shape index (κ3) is 4.60. The van der Waals surface area contributed by atoms with Gasteiger partial charge in [-0.05, 0) is 37.1 Å². The molecule has 0 aliphatic heterocycles. The Morgan fingerprint density at radius 1 is 1.56 bits per heavy atom. The second kappa shape index (κ2) is 6.99. The van der Waals surface area contributed by atoms with Gasteiger partial charge in [0.15, 0.2) is 0 Å². The maximum atomic E-state index is 9.15. The average molecular weight is 243 g/mol. The quantitative estimate of drug-likeness (QED) is 0.688. The molecule has 4 heteroatoms. The fourth-order valence-electron chi connectivity index (χ4n) is 1.46. The van der Waals surface area contributed by atoms with Gasteiger partial charge in [0, 0.05) is 5.54 Å². The van der Waals surface area contributed by atoms with Crippen LogP contribution in [0.25, 0.3) is 0 Å². The highest BCUT2D eigenvalue weighted by Gasteiger charge is 2.20.